The summed E-state index contributed by atoms with van der Waals surface area (Å²) in [6, 6.07) is -0.309. The summed E-state index contributed by atoms with van der Waals surface area (Å²) in [6.45, 7) is 0.336. The Bertz CT molecular complexity index is 551. The van der Waals surface area contributed by atoms with E-state index in [9.17, 15) is 18.0 Å². The van der Waals surface area contributed by atoms with Crippen molar-refractivity contribution in [3.8, 4) is 0 Å². The highest BCUT2D eigenvalue weighted by molar-refractivity contribution is 7.91. The van der Waals surface area contributed by atoms with Crippen LogP contribution < -0.4 is 5.32 Å². The Kier molecular flexibility index (Phi) is 4.94. The molecule has 2 atom stereocenters. The van der Waals surface area contributed by atoms with Crippen LogP contribution in [-0.2, 0) is 14.6 Å². The first kappa shape index (κ1) is 16.7. The van der Waals surface area contributed by atoms with E-state index >= 15 is 0 Å². The first-order valence-electron chi connectivity index (χ1n) is 8.76. The van der Waals surface area contributed by atoms with Gasteiger partial charge in [0.15, 0.2) is 9.84 Å². The predicted octanol–water partition coefficient (Wildman–Crippen LogP) is 1.70. The number of imide groups is 1. The number of nitrogens with one attached hydrogen (secondary N) is 1. The van der Waals surface area contributed by atoms with Crippen LogP contribution >= 0.6 is 0 Å². The van der Waals surface area contributed by atoms with E-state index in [0.29, 0.717) is 31.7 Å². The minimum absolute atomic E-state index is 0.0154. The van der Waals surface area contributed by atoms with Crippen molar-refractivity contribution in [2.24, 2.45) is 11.8 Å². The summed E-state index contributed by atoms with van der Waals surface area (Å²) in [4.78, 5) is 25.9. The lowest BCUT2D eigenvalue weighted by Crippen LogP contribution is -2.57. The third kappa shape index (κ3) is 4.05. The van der Waals surface area contributed by atoms with Gasteiger partial charge in [-0.25, -0.2) is 13.2 Å². The Hall–Kier alpha value is -1.11. The van der Waals surface area contributed by atoms with Gasteiger partial charge in [-0.3, -0.25) is 9.69 Å². The minimum Gasteiger partial charge on any atom is -0.334 e. The second-order valence-corrected chi connectivity index (χ2v) is 9.49. The Morgan fingerprint density at radius 2 is 1.83 bits per heavy atom. The molecule has 1 saturated carbocycles. The number of rotatable bonds is 4. The minimum atomic E-state index is -2.90. The second kappa shape index (κ2) is 6.79. The Morgan fingerprint density at radius 3 is 2.43 bits per heavy atom. The van der Waals surface area contributed by atoms with Gasteiger partial charge in [0.05, 0.1) is 11.5 Å². The van der Waals surface area contributed by atoms with E-state index in [1.165, 1.54) is 24.2 Å². The van der Waals surface area contributed by atoms with Crippen molar-refractivity contribution in [1.29, 1.82) is 0 Å². The van der Waals surface area contributed by atoms with E-state index in [2.05, 4.69) is 5.32 Å². The highest BCUT2D eigenvalue weighted by atomic mass is 32.2. The normalized spacial score (nSPS) is 32.1. The number of amides is 3. The lowest BCUT2D eigenvalue weighted by atomic mass is 9.82. The molecular formula is C16H26N2O4S. The van der Waals surface area contributed by atoms with Gasteiger partial charge in [-0.2, -0.15) is 0 Å². The van der Waals surface area contributed by atoms with Gasteiger partial charge in [0.25, 0.3) is 0 Å². The van der Waals surface area contributed by atoms with E-state index in [1.54, 1.807) is 0 Å². The molecule has 2 aliphatic heterocycles. The van der Waals surface area contributed by atoms with Crippen LogP contribution in [0, 0.1) is 11.8 Å². The molecule has 0 aromatic heterocycles. The molecular weight excluding hydrogens is 316 g/mol. The summed E-state index contributed by atoms with van der Waals surface area (Å²) in [7, 11) is -2.90. The van der Waals surface area contributed by atoms with Crippen molar-refractivity contribution < 1.29 is 18.0 Å². The number of hydrogen-bond donors (Lipinski definition) is 1. The van der Waals surface area contributed by atoms with Crippen LogP contribution in [0.3, 0.4) is 0 Å². The quantitative estimate of drug-likeness (QED) is 0.843. The lowest BCUT2D eigenvalue weighted by Gasteiger charge is -2.37. The van der Waals surface area contributed by atoms with Gasteiger partial charge in [0.1, 0.15) is 0 Å². The second-order valence-electron chi connectivity index (χ2n) is 7.26. The monoisotopic (exact) mass is 342 g/mol. The molecule has 1 N–H and O–H groups in total. The van der Waals surface area contributed by atoms with Crippen LogP contribution in [-0.4, -0.2) is 49.3 Å². The van der Waals surface area contributed by atoms with Crippen molar-refractivity contribution in [3.63, 3.8) is 0 Å². The molecule has 0 radical (unpaired) electrons. The van der Waals surface area contributed by atoms with Crippen molar-refractivity contribution >= 4 is 21.8 Å². The molecule has 0 bridgehead atoms. The zero-order valence-electron chi connectivity index (χ0n) is 13.5. The summed E-state index contributed by atoms with van der Waals surface area (Å²) in [5.74, 6) is 0.837. The average Bonchev–Trinajstić information content (AvgIpc) is 2.86. The van der Waals surface area contributed by atoms with E-state index in [0.717, 1.165) is 12.8 Å². The van der Waals surface area contributed by atoms with Crippen LogP contribution in [0.4, 0.5) is 4.79 Å². The van der Waals surface area contributed by atoms with E-state index < -0.39 is 9.84 Å². The highest BCUT2D eigenvalue weighted by Crippen LogP contribution is 2.30. The van der Waals surface area contributed by atoms with Gasteiger partial charge in [0.2, 0.25) is 5.91 Å². The third-order valence-electron chi connectivity index (χ3n) is 5.56. The number of carbonyl (C=O) groups is 2. The molecule has 1 aliphatic carbocycles. The van der Waals surface area contributed by atoms with Crippen molar-refractivity contribution in [3.05, 3.63) is 0 Å². The topological polar surface area (TPSA) is 83.6 Å². The summed E-state index contributed by atoms with van der Waals surface area (Å²) < 4.78 is 23.0. The molecule has 3 rings (SSSR count). The Labute approximate surface area is 137 Å². The number of nitrogens with zero attached hydrogens (tertiary/aromatic N) is 1. The third-order valence-corrected chi connectivity index (χ3v) is 7.39. The van der Waals surface area contributed by atoms with Crippen molar-refractivity contribution in [2.45, 2.75) is 57.4 Å². The fourth-order valence-corrected chi connectivity index (χ4v) is 6.07. The average molecular weight is 342 g/mol. The molecule has 0 aromatic carbocycles. The maximum absolute atomic E-state index is 12.3. The van der Waals surface area contributed by atoms with Crippen molar-refractivity contribution in [2.75, 3.05) is 18.1 Å². The van der Waals surface area contributed by atoms with E-state index in [1.807, 2.05) is 0 Å². The summed E-state index contributed by atoms with van der Waals surface area (Å²) in [6.07, 6.45) is 7.44. The summed E-state index contributed by atoms with van der Waals surface area (Å²) >= 11 is 0. The molecule has 130 valence electrons. The number of hydrogen-bond acceptors (Lipinski definition) is 4. The first-order chi connectivity index (χ1) is 10.9. The van der Waals surface area contributed by atoms with E-state index in [-0.39, 0.29) is 35.4 Å². The molecule has 6 nitrogen and oxygen atoms in total. The highest BCUT2D eigenvalue weighted by Gasteiger charge is 2.37. The van der Waals surface area contributed by atoms with Gasteiger partial charge in [-0.15, -0.1) is 0 Å². The van der Waals surface area contributed by atoms with Gasteiger partial charge in [-0.1, -0.05) is 19.3 Å². The number of urea groups is 1. The fraction of sp³-hybridized carbons (Fsp3) is 0.875. The number of carbonyl (C=O) groups excluding carboxylic acids is 2. The van der Waals surface area contributed by atoms with Crippen molar-refractivity contribution in [1.82, 2.24) is 10.2 Å². The predicted molar refractivity (Wildman–Crippen MR) is 86.6 cm³/mol. The van der Waals surface area contributed by atoms with Gasteiger partial charge in [0, 0.05) is 19.0 Å². The molecule has 3 amide bonds. The van der Waals surface area contributed by atoms with Gasteiger partial charge in [-0.05, 0) is 37.5 Å². The molecule has 1 unspecified atom stereocenters. The largest absolute Gasteiger partial charge is 0.334 e. The molecule has 0 aromatic rings. The smallest absolute Gasteiger partial charge is 0.324 e. The fourth-order valence-electron chi connectivity index (χ4n) is 4.16. The maximum atomic E-state index is 12.3. The van der Waals surface area contributed by atoms with Crippen LogP contribution in [0.25, 0.3) is 0 Å². The van der Waals surface area contributed by atoms with Crippen LogP contribution in [0.2, 0.25) is 0 Å². The number of sulfone groups is 1. The standard InChI is InChI=1S/C16H26N2O4S/c19-15-10-14(13-4-2-1-3-5-13)17-16(20)18(15)8-6-12-7-9-23(21,22)11-12/h12-14H,1-11H2,(H,17,20)/t12?,14-/m1/s1. The van der Waals surface area contributed by atoms with Gasteiger partial charge >= 0.3 is 6.03 Å². The Balaban J connectivity index is 1.51. The SMILES string of the molecule is O=C1C[C@H](C2CCCCC2)NC(=O)N1CCC1CCS(=O)(=O)C1. The molecule has 7 heteroatoms. The summed E-state index contributed by atoms with van der Waals surface area (Å²) in [5, 5.41) is 3.01. The van der Waals surface area contributed by atoms with Crippen LogP contribution in [0.1, 0.15) is 51.4 Å². The molecule has 2 heterocycles. The molecule has 0 spiro atoms. The molecule has 2 saturated heterocycles. The van der Waals surface area contributed by atoms with Crippen LogP contribution in [0.15, 0.2) is 0 Å². The van der Waals surface area contributed by atoms with Crippen LogP contribution in [0.5, 0.6) is 0 Å². The van der Waals surface area contributed by atoms with E-state index in [4.69, 9.17) is 0 Å². The summed E-state index contributed by atoms with van der Waals surface area (Å²) in [5.41, 5.74) is 0. The lowest BCUT2D eigenvalue weighted by molar-refractivity contribution is -0.130. The molecule has 3 aliphatic rings. The van der Waals surface area contributed by atoms with Gasteiger partial charge < -0.3 is 5.32 Å². The maximum Gasteiger partial charge on any atom is 0.324 e. The zero-order chi connectivity index (χ0) is 16.4. The molecule has 3 fully saturated rings. The zero-order valence-corrected chi connectivity index (χ0v) is 14.3. The Morgan fingerprint density at radius 1 is 1.09 bits per heavy atom. The molecule has 23 heavy (non-hydrogen) atoms. The first-order valence-corrected chi connectivity index (χ1v) is 10.6.